The monoisotopic (exact) mass is 234 g/mol. The van der Waals surface area contributed by atoms with Crippen LogP contribution in [0, 0.1) is 18.6 Å². The van der Waals surface area contributed by atoms with Gasteiger partial charge in [-0.3, -0.25) is 9.78 Å². The fourth-order valence-corrected chi connectivity index (χ4v) is 1.33. The first-order valence-corrected chi connectivity index (χ1v) is 4.87. The van der Waals surface area contributed by atoms with Gasteiger partial charge in [0.05, 0.1) is 17.5 Å². The number of ketones is 1. The van der Waals surface area contributed by atoms with E-state index in [1.807, 2.05) is 0 Å². The molecule has 0 aliphatic carbocycles. The Morgan fingerprint density at radius 2 is 1.94 bits per heavy atom. The van der Waals surface area contributed by atoms with Crippen LogP contribution in [0.4, 0.5) is 8.78 Å². The summed E-state index contributed by atoms with van der Waals surface area (Å²) in [4.78, 5) is 19.5. The molecule has 0 bridgehead atoms. The normalized spacial score (nSPS) is 10.3. The Balaban J connectivity index is 2.44. The Morgan fingerprint density at radius 1 is 1.18 bits per heavy atom. The van der Waals surface area contributed by atoms with Gasteiger partial charge in [-0.25, -0.2) is 13.8 Å². The molecule has 0 saturated heterocycles. The van der Waals surface area contributed by atoms with Crippen molar-refractivity contribution in [3.8, 4) is 0 Å². The number of hydrogen-bond donors (Lipinski definition) is 0. The first kappa shape index (κ1) is 11.3. The highest BCUT2D eigenvalue weighted by molar-refractivity contribution is 6.07. The molecule has 0 saturated carbocycles. The third kappa shape index (κ3) is 2.18. The quantitative estimate of drug-likeness (QED) is 0.749. The Bertz CT molecular complexity index is 567. The molecule has 0 amide bonds. The van der Waals surface area contributed by atoms with Crippen molar-refractivity contribution in [2.75, 3.05) is 0 Å². The van der Waals surface area contributed by atoms with Crippen LogP contribution >= 0.6 is 0 Å². The van der Waals surface area contributed by atoms with Gasteiger partial charge in [-0.15, -0.1) is 0 Å². The minimum absolute atomic E-state index is 0.0138. The van der Waals surface area contributed by atoms with Gasteiger partial charge in [-0.2, -0.15) is 0 Å². The first-order valence-electron chi connectivity index (χ1n) is 4.87. The second-order valence-electron chi connectivity index (χ2n) is 3.47. The summed E-state index contributed by atoms with van der Waals surface area (Å²) in [6, 6.07) is 3.43. The Kier molecular flexibility index (Phi) is 2.91. The number of nitrogens with zero attached hydrogens (tertiary/aromatic N) is 2. The molecule has 0 aliphatic rings. The van der Waals surface area contributed by atoms with Crippen LogP contribution in [0.2, 0.25) is 0 Å². The number of benzene rings is 1. The summed E-state index contributed by atoms with van der Waals surface area (Å²) in [5, 5.41) is 0. The fraction of sp³-hybridized carbons (Fsp3) is 0.0833. The molecule has 2 rings (SSSR count). The largest absolute Gasteiger partial charge is 0.287 e. The van der Waals surface area contributed by atoms with Crippen molar-refractivity contribution in [1.29, 1.82) is 0 Å². The van der Waals surface area contributed by atoms with Crippen molar-refractivity contribution < 1.29 is 13.6 Å². The van der Waals surface area contributed by atoms with Gasteiger partial charge in [0.1, 0.15) is 5.69 Å². The van der Waals surface area contributed by atoms with Crippen LogP contribution in [-0.4, -0.2) is 15.8 Å². The predicted octanol–water partition coefficient (Wildman–Crippen LogP) is 2.29. The fourth-order valence-electron chi connectivity index (χ4n) is 1.33. The second-order valence-corrected chi connectivity index (χ2v) is 3.47. The van der Waals surface area contributed by atoms with Gasteiger partial charge in [0.15, 0.2) is 11.6 Å². The van der Waals surface area contributed by atoms with E-state index in [0.717, 1.165) is 6.07 Å². The van der Waals surface area contributed by atoms with Crippen LogP contribution in [0.5, 0.6) is 0 Å². The highest BCUT2D eigenvalue weighted by Gasteiger charge is 2.17. The lowest BCUT2D eigenvalue weighted by molar-refractivity contribution is 0.102. The van der Waals surface area contributed by atoms with Crippen molar-refractivity contribution in [3.63, 3.8) is 0 Å². The Labute approximate surface area is 96.2 Å². The minimum Gasteiger partial charge on any atom is -0.287 e. The maximum atomic E-state index is 13.4. The molecule has 1 aromatic carbocycles. The van der Waals surface area contributed by atoms with Crippen LogP contribution in [-0.2, 0) is 0 Å². The summed E-state index contributed by atoms with van der Waals surface area (Å²) in [7, 11) is 0. The van der Waals surface area contributed by atoms with E-state index in [9.17, 15) is 13.6 Å². The van der Waals surface area contributed by atoms with Gasteiger partial charge in [-0.05, 0) is 19.1 Å². The molecule has 0 aliphatic heterocycles. The second kappa shape index (κ2) is 4.37. The first-order chi connectivity index (χ1) is 8.09. The van der Waals surface area contributed by atoms with E-state index in [2.05, 4.69) is 9.97 Å². The molecule has 5 heteroatoms. The summed E-state index contributed by atoms with van der Waals surface area (Å²) in [5.41, 5.74) is 0.282. The van der Waals surface area contributed by atoms with Gasteiger partial charge >= 0.3 is 0 Å². The lowest BCUT2D eigenvalue weighted by atomic mass is 10.1. The third-order valence-electron chi connectivity index (χ3n) is 2.21. The van der Waals surface area contributed by atoms with E-state index in [4.69, 9.17) is 0 Å². The summed E-state index contributed by atoms with van der Waals surface area (Å²) < 4.78 is 26.3. The van der Waals surface area contributed by atoms with Gasteiger partial charge < -0.3 is 0 Å². The summed E-state index contributed by atoms with van der Waals surface area (Å²) in [6.45, 7) is 1.71. The van der Waals surface area contributed by atoms with Crippen LogP contribution < -0.4 is 0 Å². The molecule has 0 spiro atoms. The van der Waals surface area contributed by atoms with Gasteiger partial charge in [0.2, 0.25) is 5.78 Å². The number of aryl methyl sites for hydroxylation is 1. The zero-order valence-corrected chi connectivity index (χ0v) is 8.95. The molecule has 2 aromatic rings. The summed E-state index contributed by atoms with van der Waals surface area (Å²) in [6.07, 6.45) is 2.63. The number of halogens is 2. The van der Waals surface area contributed by atoms with Crippen LogP contribution in [0.1, 0.15) is 21.7 Å². The van der Waals surface area contributed by atoms with Gasteiger partial charge in [0, 0.05) is 6.20 Å². The van der Waals surface area contributed by atoms with E-state index in [1.165, 1.54) is 24.5 Å². The van der Waals surface area contributed by atoms with Crippen molar-refractivity contribution in [2.45, 2.75) is 6.92 Å². The zero-order valence-electron chi connectivity index (χ0n) is 8.95. The van der Waals surface area contributed by atoms with Crippen molar-refractivity contribution >= 4 is 5.78 Å². The smallest absolute Gasteiger partial charge is 0.215 e. The number of hydrogen-bond acceptors (Lipinski definition) is 3. The van der Waals surface area contributed by atoms with E-state index < -0.39 is 17.4 Å². The number of carbonyl (C=O) groups excluding carboxylic acids is 1. The van der Waals surface area contributed by atoms with Crippen molar-refractivity contribution in [2.24, 2.45) is 0 Å². The molecule has 17 heavy (non-hydrogen) atoms. The highest BCUT2D eigenvalue weighted by atomic mass is 19.2. The SMILES string of the molecule is Cc1cnc(C(=O)c2cccc(F)c2F)cn1. The highest BCUT2D eigenvalue weighted by Crippen LogP contribution is 2.14. The average Bonchev–Trinajstić information content (AvgIpc) is 2.33. The molecule has 0 fully saturated rings. The molecule has 1 heterocycles. The number of aromatic nitrogens is 2. The molecule has 0 radical (unpaired) electrons. The van der Waals surface area contributed by atoms with Crippen LogP contribution in [0.15, 0.2) is 30.6 Å². The molecule has 0 N–H and O–H groups in total. The predicted molar refractivity (Wildman–Crippen MR) is 56.6 cm³/mol. The molecule has 3 nitrogen and oxygen atoms in total. The van der Waals surface area contributed by atoms with Gasteiger partial charge in [0.25, 0.3) is 0 Å². The topological polar surface area (TPSA) is 42.9 Å². The van der Waals surface area contributed by atoms with Crippen molar-refractivity contribution in [3.05, 3.63) is 59.2 Å². The van der Waals surface area contributed by atoms with E-state index >= 15 is 0 Å². The average molecular weight is 234 g/mol. The molecular formula is C12H8F2N2O. The van der Waals surface area contributed by atoms with Crippen molar-refractivity contribution in [1.82, 2.24) is 9.97 Å². The molecule has 86 valence electrons. The lowest BCUT2D eigenvalue weighted by Crippen LogP contribution is -2.08. The Hall–Kier alpha value is -2.17. The van der Waals surface area contributed by atoms with E-state index in [-0.39, 0.29) is 11.3 Å². The standard InChI is InChI=1S/C12H8F2N2O/c1-7-5-16-10(6-15-7)12(17)8-3-2-4-9(13)11(8)14/h2-6H,1H3. The number of carbonyl (C=O) groups is 1. The van der Waals surface area contributed by atoms with Crippen LogP contribution in [0.25, 0.3) is 0 Å². The zero-order chi connectivity index (χ0) is 12.4. The van der Waals surface area contributed by atoms with Crippen LogP contribution in [0.3, 0.4) is 0 Å². The minimum atomic E-state index is -1.17. The molecule has 0 unspecified atom stereocenters. The summed E-state index contributed by atoms with van der Waals surface area (Å²) in [5.74, 6) is -2.91. The Morgan fingerprint density at radius 3 is 2.59 bits per heavy atom. The lowest BCUT2D eigenvalue weighted by Gasteiger charge is -2.02. The number of rotatable bonds is 2. The van der Waals surface area contributed by atoms with Gasteiger partial charge in [-0.1, -0.05) is 6.07 Å². The van der Waals surface area contributed by atoms with E-state index in [0.29, 0.717) is 5.69 Å². The summed E-state index contributed by atoms with van der Waals surface area (Å²) >= 11 is 0. The van der Waals surface area contributed by atoms with E-state index in [1.54, 1.807) is 6.92 Å². The maximum Gasteiger partial charge on any atom is 0.215 e. The maximum absolute atomic E-state index is 13.4. The third-order valence-corrected chi connectivity index (χ3v) is 2.21. The molecule has 0 atom stereocenters. The molecule has 1 aromatic heterocycles. The molecular weight excluding hydrogens is 226 g/mol.